The molecule has 1 unspecified atom stereocenters. The minimum atomic E-state index is -1.46. The van der Waals surface area contributed by atoms with Gasteiger partial charge in [0.1, 0.15) is 19.0 Å². The molecular weight excluding hydrogens is 582 g/mol. The smallest absolute Gasteiger partial charge is 0.193 e. The highest BCUT2D eigenvalue weighted by molar-refractivity contribution is 6.31. The van der Waals surface area contributed by atoms with Crippen LogP contribution in [0.25, 0.3) is 0 Å². The van der Waals surface area contributed by atoms with Crippen LogP contribution in [0.1, 0.15) is 56.9 Å². The predicted molar refractivity (Wildman–Crippen MR) is 164 cm³/mol. The summed E-state index contributed by atoms with van der Waals surface area (Å²) in [5.41, 5.74) is 6.37. The zero-order valence-electron chi connectivity index (χ0n) is 24.9. The summed E-state index contributed by atoms with van der Waals surface area (Å²) in [6.45, 7) is 3.72. The van der Waals surface area contributed by atoms with Gasteiger partial charge in [-0.2, -0.15) is 0 Å². The van der Waals surface area contributed by atoms with Crippen LogP contribution in [0, 0.1) is 28.6 Å². The molecule has 5 aliphatic rings. The predicted octanol–water partition coefficient (Wildman–Crippen LogP) is 5.10. The molecule has 1 saturated heterocycles. The van der Waals surface area contributed by atoms with Gasteiger partial charge in [0.15, 0.2) is 23.5 Å². The number of benzene rings is 2. The molecule has 0 amide bonds. The quantitative estimate of drug-likeness (QED) is 0.381. The zero-order chi connectivity index (χ0) is 31.0. The highest BCUT2D eigenvalue weighted by Gasteiger charge is 2.76. The number of Topliss-reactive ketones (excluding diaryl/α,β-unsaturated/α-hetero) is 1. The highest BCUT2D eigenvalue weighted by atomic mass is 35.5. The molecule has 9 atom stereocenters. The largest absolute Gasteiger partial charge is 0.489 e. The summed E-state index contributed by atoms with van der Waals surface area (Å²) in [5.74, 6) is 0.0678. The van der Waals surface area contributed by atoms with Gasteiger partial charge >= 0.3 is 0 Å². The number of hydrogen-bond donors (Lipinski definition) is 3. The number of aliphatic hydroxyl groups excluding tert-OH is 2. The normalized spacial score (nSPS) is 38.8. The molecule has 1 aliphatic heterocycles. The number of rotatable bonds is 6. The van der Waals surface area contributed by atoms with Crippen LogP contribution in [0.2, 0.25) is 5.02 Å². The van der Waals surface area contributed by atoms with Gasteiger partial charge in [0.25, 0.3) is 0 Å². The monoisotopic (exact) mass is 619 g/mol. The van der Waals surface area contributed by atoms with Crippen LogP contribution in [-0.2, 0) is 25.7 Å². The van der Waals surface area contributed by atoms with Crippen molar-refractivity contribution in [3.63, 3.8) is 0 Å². The Balaban J connectivity index is 1.19. The average Bonchev–Trinajstić information content (AvgIpc) is 3.49. The van der Waals surface area contributed by atoms with Crippen molar-refractivity contribution in [2.45, 2.75) is 70.2 Å². The molecule has 4 fully saturated rings. The number of ether oxygens (including phenoxy) is 3. The van der Waals surface area contributed by atoms with E-state index in [2.05, 4.69) is 6.92 Å². The zero-order valence-corrected chi connectivity index (χ0v) is 25.6. The molecule has 3 saturated carbocycles. The van der Waals surface area contributed by atoms with Gasteiger partial charge in [-0.1, -0.05) is 49.2 Å². The first-order valence-corrected chi connectivity index (χ1v) is 15.7. The number of ketones is 2. The molecule has 1 heterocycles. The van der Waals surface area contributed by atoms with Crippen LogP contribution >= 0.6 is 11.6 Å². The van der Waals surface area contributed by atoms with Gasteiger partial charge in [-0.05, 0) is 85.6 Å². The lowest BCUT2D eigenvalue weighted by atomic mass is 9.46. The number of nitrogens with two attached hydrogens (primary N) is 1. The lowest BCUT2D eigenvalue weighted by Gasteiger charge is -2.59. The molecule has 0 radical (unpaired) electrons. The van der Waals surface area contributed by atoms with E-state index in [-0.39, 0.29) is 23.5 Å². The number of fused-ring (bicyclic) bond motifs is 7. The Morgan fingerprint density at radius 1 is 1.20 bits per heavy atom. The van der Waals surface area contributed by atoms with E-state index in [0.29, 0.717) is 41.5 Å². The van der Waals surface area contributed by atoms with Crippen LogP contribution in [-0.4, -0.2) is 46.2 Å². The van der Waals surface area contributed by atoms with E-state index in [1.54, 1.807) is 30.4 Å². The molecule has 8 nitrogen and oxygen atoms in total. The number of hydrogen-bond acceptors (Lipinski definition) is 8. The summed E-state index contributed by atoms with van der Waals surface area (Å²) < 4.78 is 19.3. The minimum absolute atomic E-state index is 0.00482. The molecule has 0 spiro atoms. The molecule has 7 rings (SSSR count). The molecule has 4 N–H and O–H groups in total. The van der Waals surface area contributed by atoms with Gasteiger partial charge in [-0.15, -0.1) is 0 Å². The lowest BCUT2D eigenvalue weighted by molar-refractivity contribution is -0.201. The maximum atomic E-state index is 13.8. The Morgan fingerprint density at radius 2 is 2.02 bits per heavy atom. The van der Waals surface area contributed by atoms with Gasteiger partial charge < -0.3 is 30.2 Å². The summed E-state index contributed by atoms with van der Waals surface area (Å²) in [7, 11) is 0. The lowest BCUT2D eigenvalue weighted by Crippen LogP contribution is -2.63. The fourth-order valence-corrected chi connectivity index (χ4v) is 9.67. The van der Waals surface area contributed by atoms with Crippen molar-refractivity contribution in [1.82, 2.24) is 0 Å². The molecule has 0 bridgehead atoms. The number of allylic oxidation sites excluding steroid dienone is 4. The second-order valence-corrected chi connectivity index (χ2v) is 14.0. The van der Waals surface area contributed by atoms with Crippen LogP contribution in [0.3, 0.4) is 0 Å². The van der Waals surface area contributed by atoms with E-state index in [9.17, 15) is 19.8 Å². The molecule has 9 heteroatoms. The summed E-state index contributed by atoms with van der Waals surface area (Å²) in [5, 5.41) is 22.5. The van der Waals surface area contributed by atoms with Crippen LogP contribution in [0.15, 0.2) is 66.3 Å². The van der Waals surface area contributed by atoms with Crippen LogP contribution < -0.4 is 10.5 Å². The average molecular weight is 620 g/mol. The standard InChI is InChI=1S/C35H38ClNO7/c1-33-11-10-22(39)13-20(33)6-8-24-26-15-30-35(29(41)17-38,34(26,2)16-28(40)31(24)33)44-32(43-30)25-14-23(7-9-27(25)36)42-18-19-4-3-5-21(37)12-19/h3-5,7,9-14,24,26,28,30-32,38,40H,6,8,15-18,37H2,1-2H3/t24-,26?,28-,30+,31+,32-,33-,34-,35+/m0/s1. The number of carbonyl (C=O) groups is 2. The van der Waals surface area contributed by atoms with Crippen LogP contribution in [0.4, 0.5) is 5.69 Å². The Morgan fingerprint density at radius 3 is 2.80 bits per heavy atom. The van der Waals surface area contributed by atoms with Gasteiger partial charge in [-0.25, -0.2) is 0 Å². The third-order valence-electron chi connectivity index (χ3n) is 11.4. The van der Waals surface area contributed by atoms with E-state index >= 15 is 0 Å². The van der Waals surface area contributed by atoms with Crippen molar-refractivity contribution in [3.05, 3.63) is 82.4 Å². The summed E-state index contributed by atoms with van der Waals surface area (Å²) in [6, 6.07) is 12.7. The first-order valence-electron chi connectivity index (χ1n) is 15.4. The number of anilines is 1. The Kier molecular flexibility index (Phi) is 7.10. The molecule has 44 heavy (non-hydrogen) atoms. The van der Waals surface area contributed by atoms with Gasteiger partial charge in [0, 0.05) is 33.0 Å². The highest BCUT2D eigenvalue weighted by Crippen LogP contribution is 2.70. The molecule has 232 valence electrons. The third kappa shape index (κ3) is 4.26. The molecular formula is C35H38ClNO7. The van der Waals surface area contributed by atoms with Crippen LogP contribution in [0.5, 0.6) is 5.75 Å². The maximum Gasteiger partial charge on any atom is 0.193 e. The Labute approximate surface area is 261 Å². The van der Waals surface area contributed by atoms with E-state index in [1.807, 2.05) is 37.3 Å². The second kappa shape index (κ2) is 10.5. The summed E-state index contributed by atoms with van der Waals surface area (Å²) in [6.07, 6.45) is 5.36. The third-order valence-corrected chi connectivity index (χ3v) is 11.7. The molecule has 0 aromatic heterocycles. The summed E-state index contributed by atoms with van der Waals surface area (Å²) in [4.78, 5) is 26.0. The van der Waals surface area contributed by atoms with Crippen molar-refractivity contribution in [1.29, 1.82) is 0 Å². The first-order chi connectivity index (χ1) is 21.0. The maximum absolute atomic E-state index is 13.8. The SMILES string of the molecule is C[C@]12C=CC(=O)C=C1CC[C@H]1C3C[C@H]4O[C@H](c5cc(OCc6cccc(N)c6)ccc5Cl)O[C@@]4(C(=O)CO)[C@@]3(C)C[C@H](O)[C@@H]12. The molecule has 2 aromatic carbocycles. The van der Waals surface area contributed by atoms with E-state index < -0.39 is 47.3 Å². The van der Waals surface area contributed by atoms with Gasteiger partial charge in [0.05, 0.1) is 12.2 Å². The number of halogens is 1. The minimum Gasteiger partial charge on any atom is -0.489 e. The van der Waals surface area contributed by atoms with E-state index in [1.165, 1.54) is 0 Å². The van der Waals surface area contributed by atoms with E-state index in [4.69, 9.17) is 31.5 Å². The van der Waals surface area contributed by atoms with Crippen molar-refractivity contribution in [2.75, 3.05) is 12.3 Å². The van der Waals surface area contributed by atoms with Crippen molar-refractivity contribution in [3.8, 4) is 5.75 Å². The molecule has 2 aromatic rings. The van der Waals surface area contributed by atoms with Crippen molar-refractivity contribution in [2.24, 2.45) is 28.6 Å². The van der Waals surface area contributed by atoms with E-state index in [0.717, 1.165) is 24.0 Å². The number of nitrogen functional groups attached to an aromatic ring is 1. The van der Waals surface area contributed by atoms with Crippen molar-refractivity contribution < 1.29 is 34.0 Å². The van der Waals surface area contributed by atoms with Crippen molar-refractivity contribution >= 4 is 28.9 Å². The topological polar surface area (TPSA) is 128 Å². The summed E-state index contributed by atoms with van der Waals surface area (Å²) >= 11 is 6.66. The first kappa shape index (κ1) is 29.7. The number of aliphatic hydroxyl groups is 2. The van der Waals surface area contributed by atoms with Gasteiger partial charge in [-0.3, -0.25) is 9.59 Å². The fourth-order valence-electron chi connectivity index (χ4n) is 9.47. The Bertz CT molecular complexity index is 1590. The fraction of sp³-hybridized carbons (Fsp3) is 0.486. The Hall–Kier alpha value is -3.01. The number of carbonyl (C=O) groups excluding carboxylic acids is 2. The van der Waals surface area contributed by atoms with Gasteiger partial charge in [0.2, 0.25) is 0 Å². The second-order valence-electron chi connectivity index (χ2n) is 13.6. The molecule has 4 aliphatic carbocycles.